The van der Waals surface area contributed by atoms with Gasteiger partial charge in [-0.1, -0.05) is 23.8 Å². The number of fused-ring (bicyclic) bond motifs is 1. The first-order valence-electron chi connectivity index (χ1n) is 9.43. The lowest BCUT2D eigenvalue weighted by atomic mass is 10.2. The molecule has 158 valence electrons. The normalized spacial score (nSPS) is 11.4. The van der Waals surface area contributed by atoms with Crippen LogP contribution in [0.2, 0.25) is 0 Å². The molecule has 0 bridgehead atoms. The highest BCUT2D eigenvalue weighted by Crippen LogP contribution is 2.23. The summed E-state index contributed by atoms with van der Waals surface area (Å²) in [6.07, 6.45) is 0. The number of aromatic nitrogens is 2. The van der Waals surface area contributed by atoms with Gasteiger partial charge in [0, 0.05) is 18.3 Å². The van der Waals surface area contributed by atoms with Crippen LogP contribution in [0.25, 0.3) is 11.0 Å². The first-order valence-corrected chi connectivity index (χ1v) is 10.9. The number of hydrogen-bond donors (Lipinski definition) is 3. The van der Waals surface area contributed by atoms with Crippen molar-refractivity contribution in [1.82, 2.24) is 9.97 Å². The standard InChI is InChI=1S/C22H20N4O4S/c1-14-6-9-17(10-7-14)26(2)31(29,30)18-5-3-4-15(12-18)21(27)23-16-8-11-19-20(13-16)25-22(28)24-19/h3-13H,1-2H3,(H,23,27)(H2,24,25,28). The Kier molecular flexibility index (Phi) is 5.12. The molecule has 1 amide bonds. The van der Waals surface area contributed by atoms with Crippen LogP contribution in [0, 0.1) is 6.92 Å². The molecule has 0 aliphatic carbocycles. The Labute approximate surface area is 178 Å². The molecule has 0 aliphatic heterocycles. The molecule has 0 spiro atoms. The van der Waals surface area contributed by atoms with Crippen LogP contribution in [0.4, 0.5) is 11.4 Å². The number of rotatable bonds is 5. The van der Waals surface area contributed by atoms with E-state index in [9.17, 15) is 18.0 Å². The van der Waals surface area contributed by atoms with E-state index in [-0.39, 0.29) is 16.1 Å². The Morgan fingerprint density at radius 3 is 2.39 bits per heavy atom. The van der Waals surface area contributed by atoms with Crippen molar-refractivity contribution < 1.29 is 13.2 Å². The number of hydrogen-bond acceptors (Lipinski definition) is 4. The summed E-state index contributed by atoms with van der Waals surface area (Å²) in [5.41, 5.74) is 3.05. The van der Waals surface area contributed by atoms with Gasteiger partial charge in [0.05, 0.1) is 21.6 Å². The van der Waals surface area contributed by atoms with Crippen LogP contribution in [0.5, 0.6) is 0 Å². The summed E-state index contributed by atoms with van der Waals surface area (Å²) in [4.78, 5) is 29.4. The van der Waals surface area contributed by atoms with Crippen molar-refractivity contribution in [3.63, 3.8) is 0 Å². The summed E-state index contributed by atoms with van der Waals surface area (Å²) >= 11 is 0. The summed E-state index contributed by atoms with van der Waals surface area (Å²) < 4.78 is 27.3. The molecule has 8 nitrogen and oxygen atoms in total. The molecule has 0 atom stereocenters. The zero-order chi connectivity index (χ0) is 22.2. The van der Waals surface area contributed by atoms with Crippen LogP contribution < -0.4 is 15.3 Å². The van der Waals surface area contributed by atoms with Crippen LogP contribution in [0.3, 0.4) is 0 Å². The third-order valence-electron chi connectivity index (χ3n) is 4.93. The van der Waals surface area contributed by atoms with Gasteiger partial charge in [0.25, 0.3) is 15.9 Å². The van der Waals surface area contributed by atoms with Gasteiger partial charge in [-0.15, -0.1) is 0 Å². The lowest BCUT2D eigenvalue weighted by Gasteiger charge is -2.20. The van der Waals surface area contributed by atoms with Crippen molar-refractivity contribution in [2.45, 2.75) is 11.8 Å². The number of imidazole rings is 1. The minimum absolute atomic E-state index is 0.00800. The van der Waals surface area contributed by atoms with Crippen LogP contribution >= 0.6 is 0 Å². The molecule has 9 heteroatoms. The minimum atomic E-state index is -3.85. The van der Waals surface area contributed by atoms with E-state index >= 15 is 0 Å². The lowest BCUT2D eigenvalue weighted by molar-refractivity contribution is 0.102. The second kappa shape index (κ2) is 7.77. The summed E-state index contributed by atoms with van der Waals surface area (Å²) in [5.74, 6) is -0.465. The quantitative estimate of drug-likeness (QED) is 0.445. The van der Waals surface area contributed by atoms with Crippen molar-refractivity contribution >= 4 is 38.3 Å². The van der Waals surface area contributed by atoms with Gasteiger partial charge in [-0.25, -0.2) is 13.2 Å². The molecule has 3 aromatic carbocycles. The van der Waals surface area contributed by atoms with Crippen molar-refractivity contribution in [3.05, 3.63) is 88.3 Å². The van der Waals surface area contributed by atoms with E-state index in [1.807, 2.05) is 19.1 Å². The first-order chi connectivity index (χ1) is 14.7. The molecule has 3 N–H and O–H groups in total. The highest BCUT2D eigenvalue weighted by molar-refractivity contribution is 7.92. The fourth-order valence-electron chi connectivity index (χ4n) is 3.16. The molecule has 31 heavy (non-hydrogen) atoms. The van der Waals surface area contributed by atoms with Crippen LogP contribution in [0.1, 0.15) is 15.9 Å². The maximum Gasteiger partial charge on any atom is 0.323 e. The maximum atomic E-state index is 13.1. The summed E-state index contributed by atoms with van der Waals surface area (Å²) in [6, 6.07) is 17.9. The smallest absolute Gasteiger partial charge is 0.322 e. The monoisotopic (exact) mass is 436 g/mol. The molecule has 1 aromatic heterocycles. The summed E-state index contributed by atoms with van der Waals surface area (Å²) in [5, 5.41) is 2.72. The fourth-order valence-corrected chi connectivity index (χ4v) is 4.40. The van der Waals surface area contributed by atoms with Gasteiger partial charge >= 0.3 is 5.69 Å². The van der Waals surface area contributed by atoms with E-state index in [1.165, 1.54) is 35.6 Å². The maximum absolute atomic E-state index is 13.1. The molecule has 0 saturated carbocycles. The molecule has 4 rings (SSSR count). The third kappa shape index (κ3) is 4.08. The molecule has 0 aliphatic rings. The molecule has 0 saturated heterocycles. The van der Waals surface area contributed by atoms with Crippen LogP contribution in [0.15, 0.2) is 76.4 Å². The number of amides is 1. The highest BCUT2D eigenvalue weighted by atomic mass is 32.2. The van der Waals surface area contributed by atoms with E-state index in [1.54, 1.807) is 30.3 Å². The number of H-pyrrole nitrogens is 2. The van der Waals surface area contributed by atoms with Crippen molar-refractivity contribution in [2.24, 2.45) is 0 Å². The van der Waals surface area contributed by atoms with Gasteiger partial charge in [-0.3, -0.25) is 9.10 Å². The Morgan fingerprint density at radius 2 is 1.65 bits per heavy atom. The highest BCUT2D eigenvalue weighted by Gasteiger charge is 2.22. The lowest BCUT2D eigenvalue weighted by Crippen LogP contribution is -2.26. The number of carbonyl (C=O) groups is 1. The Balaban J connectivity index is 1.59. The van der Waals surface area contributed by atoms with Crippen molar-refractivity contribution in [1.29, 1.82) is 0 Å². The van der Waals surface area contributed by atoms with E-state index in [2.05, 4.69) is 15.3 Å². The molecule has 0 unspecified atom stereocenters. The fraction of sp³-hybridized carbons (Fsp3) is 0.0909. The topological polar surface area (TPSA) is 115 Å². The van der Waals surface area contributed by atoms with E-state index in [4.69, 9.17) is 0 Å². The van der Waals surface area contributed by atoms with E-state index in [0.717, 1.165) is 5.56 Å². The molecular formula is C22H20N4O4S. The number of sulfonamides is 1. The molecule has 0 radical (unpaired) electrons. The van der Waals surface area contributed by atoms with Gasteiger partial charge in [0.2, 0.25) is 0 Å². The van der Waals surface area contributed by atoms with Crippen molar-refractivity contribution in [3.8, 4) is 0 Å². The number of anilines is 2. The Hall–Kier alpha value is -3.85. The van der Waals surface area contributed by atoms with Crippen LogP contribution in [-0.4, -0.2) is 31.3 Å². The molecule has 0 fully saturated rings. The third-order valence-corrected chi connectivity index (χ3v) is 6.71. The number of aromatic amines is 2. The van der Waals surface area contributed by atoms with Gasteiger partial charge in [0.15, 0.2) is 0 Å². The number of nitrogens with zero attached hydrogens (tertiary/aromatic N) is 1. The first kappa shape index (κ1) is 20.4. The predicted octanol–water partition coefficient (Wildman–Crippen LogP) is 3.24. The number of benzene rings is 3. The zero-order valence-electron chi connectivity index (χ0n) is 16.8. The molecular weight excluding hydrogens is 416 g/mol. The largest absolute Gasteiger partial charge is 0.323 e. The average Bonchev–Trinajstić information content (AvgIpc) is 3.13. The Bertz CT molecular complexity index is 1440. The van der Waals surface area contributed by atoms with Crippen molar-refractivity contribution in [2.75, 3.05) is 16.7 Å². The molecule has 1 heterocycles. The minimum Gasteiger partial charge on any atom is -0.322 e. The number of nitrogens with one attached hydrogen (secondary N) is 3. The Morgan fingerprint density at radius 1 is 0.935 bits per heavy atom. The predicted molar refractivity (Wildman–Crippen MR) is 120 cm³/mol. The van der Waals surface area contributed by atoms with E-state index < -0.39 is 15.9 Å². The second-order valence-corrected chi connectivity index (χ2v) is 9.10. The van der Waals surface area contributed by atoms with Gasteiger partial charge in [-0.2, -0.15) is 0 Å². The van der Waals surface area contributed by atoms with E-state index in [0.29, 0.717) is 22.4 Å². The SMILES string of the molecule is Cc1ccc(N(C)S(=O)(=O)c2cccc(C(=O)Nc3ccc4[nH]c(=O)[nH]c4c3)c2)cc1. The number of carbonyl (C=O) groups excluding carboxylic acids is 1. The van der Waals surface area contributed by atoms with Gasteiger partial charge in [0.1, 0.15) is 0 Å². The summed E-state index contributed by atoms with van der Waals surface area (Å²) in [7, 11) is -2.38. The summed E-state index contributed by atoms with van der Waals surface area (Å²) in [6.45, 7) is 1.92. The second-order valence-electron chi connectivity index (χ2n) is 7.13. The number of aryl methyl sites for hydroxylation is 1. The zero-order valence-corrected chi connectivity index (χ0v) is 17.7. The van der Waals surface area contributed by atoms with Gasteiger partial charge in [-0.05, 0) is 55.5 Å². The molecule has 4 aromatic rings. The average molecular weight is 436 g/mol. The van der Waals surface area contributed by atoms with Gasteiger partial charge < -0.3 is 15.3 Å². The van der Waals surface area contributed by atoms with Crippen LogP contribution in [-0.2, 0) is 10.0 Å².